The highest BCUT2D eigenvalue weighted by atomic mass is 35.5. The molecule has 0 aliphatic rings. The Morgan fingerprint density at radius 1 is 1.64 bits per heavy atom. The summed E-state index contributed by atoms with van der Waals surface area (Å²) in [6.45, 7) is 0.663. The van der Waals surface area contributed by atoms with Gasteiger partial charge in [-0.2, -0.15) is 0 Å². The monoisotopic (exact) mass is 178 g/mol. The molecule has 1 heterocycles. The van der Waals surface area contributed by atoms with E-state index in [1.807, 2.05) is 0 Å². The van der Waals surface area contributed by atoms with Gasteiger partial charge in [-0.05, 0) is 0 Å². The lowest BCUT2D eigenvalue weighted by Gasteiger charge is -2.05. The van der Waals surface area contributed by atoms with Gasteiger partial charge in [-0.3, -0.25) is 0 Å². The molecule has 3 N–H and O–H groups in total. The van der Waals surface area contributed by atoms with Crippen LogP contribution >= 0.6 is 12.4 Å². The largest absolute Gasteiger partial charge is 0.390 e. The second-order valence-corrected chi connectivity index (χ2v) is 2.01. The molecular formula is C5H11ClN4O. The van der Waals surface area contributed by atoms with Gasteiger partial charge in [0.25, 0.3) is 0 Å². The lowest BCUT2D eigenvalue weighted by atomic mass is 10.4. The molecule has 0 spiro atoms. The molecule has 0 saturated carbocycles. The van der Waals surface area contributed by atoms with E-state index in [9.17, 15) is 0 Å². The van der Waals surface area contributed by atoms with Gasteiger partial charge in [-0.15, -0.1) is 17.5 Å². The Morgan fingerprint density at radius 2 is 2.36 bits per heavy atom. The maximum absolute atomic E-state index is 9.02. The van der Waals surface area contributed by atoms with E-state index >= 15 is 0 Å². The highest BCUT2D eigenvalue weighted by molar-refractivity contribution is 5.85. The summed E-state index contributed by atoms with van der Waals surface area (Å²) in [5.74, 6) is 0. The Hall–Kier alpha value is -0.650. The smallest absolute Gasteiger partial charge is 0.0858 e. The van der Waals surface area contributed by atoms with Gasteiger partial charge in [0.05, 0.1) is 18.8 Å². The molecule has 1 rings (SSSR count). The lowest BCUT2D eigenvalue weighted by Crippen LogP contribution is -2.25. The molecule has 6 heteroatoms. The van der Waals surface area contributed by atoms with Crippen LogP contribution in [-0.4, -0.2) is 32.7 Å². The minimum Gasteiger partial charge on any atom is -0.390 e. The first kappa shape index (κ1) is 10.3. The first-order valence-electron chi connectivity index (χ1n) is 3.05. The summed E-state index contributed by atoms with van der Waals surface area (Å²) < 4.78 is 1.54. The van der Waals surface area contributed by atoms with Crippen molar-refractivity contribution in [3.05, 3.63) is 12.4 Å². The fourth-order valence-electron chi connectivity index (χ4n) is 0.621. The van der Waals surface area contributed by atoms with E-state index in [1.54, 1.807) is 12.4 Å². The Labute approximate surface area is 70.6 Å². The van der Waals surface area contributed by atoms with Crippen molar-refractivity contribution in [3.63, 3.8) is 0 Å². The van der Waals surface area contributed by atoms with E-state index in [2.05, 4.69) is 10.3 Å². The number of aromatic nitrogens is 3. The van der Waals surface area contributed by atoms with Crippen molar-refractivity contribution >= 4 is 12.4 Å². The molecule has 1 aromatic rings. The number of nitrogens with two attached hydrogens (primary N) is 1. The predicted molar refractivity (Wildman–Crippen MR) is 42.3 cm³/mol. The van der Waals surface area contributed by atoms with Crippen molar-refractivity contribution in [3.8, 4) is 0 Å². The van der Waals surface area contributed by atoms with E-state index in [4.69, 9.17) is 10.8 Å². The highest BCUT2D eigenvalue weighted by Gasteiger charge is 2.00. The van der Waals surface area contributed by atoms with Gasteiger partial charge in [0, 0.05) is 12.7 Å². The van der Waals surface area contributed by atoms with Gasteiger partial charge in [0.15, 0.2) is 0 Å². The fraction of sp³-hybridized carbons (Fsp3) is 0.600. The Morgan fingerprint density at radius 3 is 2.82 bits per heavy atom. The molecule has 64 valence electrons. The zero-order valence-corrected chi connectivity index (χ0v) is 6.74. The summed E-state index contributed by atoms with van der Waals surface area (Å²) in [5, 5.41) is 16.2. The van der Waals surface area contributed by atoms with Crippen LogP contribution < -0.4 is 5.73 Å². The van der Waals surface area contributed by atoms with Gasteiger partial charge in [0.2, 0.25) is 0 Å². The molecule has 1 aromatic heterocycles. The van der Waals surface area contributed by atoms with E-state index in [0.717, 1.165) is 0 Å². The maximum Gasteiger partial charge on any atom is 0.0858 e. The Kier molecular flexibility index (Phi) is 4.76. The van der Waals surface area contributed by atoms with Crippen LogP contribution in [0.25, 0.3) is 0 Å². The van der Waals surface area contributed by atoms with Gasteiger partial charge in [-0.25, -0.2) is 4.68 Å². The van der Waals surface area contributed by atoms with Crippen molar-refractivity contribution in [1.29, 1.82) is 0 Å². The summed E-state index contributed by atoms with van der Waals surface area (Å²) in [5.41, 5.74) is 5.18. The highest BCUT2D eigenvalue weighted by Crippen LogP contribution is 1.85. The minimum atomic E-state index is -0.526. The molecule has 0 fully saturated rings. The summed E-state index contributed by atoms with van der Waals surface area (Å²) in [6.07, 6.45) is 2.71. The van der Waals surface area contributed by atoms with Crippen molar-refractivity contribution in [2.24, 2.45) is 5.73 Å². The number of nitrogens with zero attached hydrogens (tertiary/aromatic N) is 3. The summed E-state index contributed by atoms with van der Waals surface area (Å²) in [7, 11) is 0. The molecule has 0 bridgehead atoms. The molecular weight excluding hydrogens is 168 g/mol. The first-order valence-corrected chi connectivity index (χ1v) is 3.05. The van der Waals surface area contributed by atoms with Crippen LogP contribution in [0.2, 0.25) is 0 Å². The van der Waals surface area contributed by atoms with E-state index < -0.39 is 6.10 Å². The Balaban J connectivity index is 0.000001000. The van der Waals surface area contributed by atoms with Crippen molar-refractivity contribution in [2.75, 3.05) is 6.54 Å². The van der Waals surface area contributed by atoms with Gasteiger partial charge in [-0.1, -0.05) is 5.21 Å². The quantitative estimate of drug-likeness (QED) is 0.624. The zero-order valence-electron chi connectivity index (χ0n) is 5.92. The fourth-order valence-corrected chi connectivity index (χ4v) is 0.621. The second-order valence-electron chi connectivity index (χ2n) is 2.01. The van der Waals surface area contributed by atoms with Gasteiger partial charge >= 0.3 is 0 Å². The SMILES string of the molecule is Cl.NCC(O)Cn1ccnn1. The van der Waals surface area contributed by atoms with Crippen LogP contribution in [0, 0.1) is 0 Å². The molecule has 5 nitrogen and oxygen atoms in total. The molecule has 0 amide bonds. The number of rotatable bonds is 3. The summed E-state index contributed by atoms with van der Waals surface area (Å²) in [4.78, 5) is 0. The van der Waals surface area contributed by atoms with Crippen molar-refractivity contribution in [2.45, 2.75) is 12.6 Å². The Bertz CT molecular complexity index is 179. The number of aliphatic hydroxyl groups is 1. The van der Waals surface area contributed by atoms with Crippen molar-refractivity contribution in [1.82, 2.24) is 15.0 Å². The van der Waals surface area contributed by atoms with Crippen molar-refractivity contribution < 1.29 is 5.11 Å². The standard InChI is InChI=1S/C5H10N4O.ClH/c6-3-5(10)4-9-2-1-7-8-9;/h1-2,5,10H,3-4,6H2;1H. The maximum atomic E-state index is 9.02. The minimum absolute atomic E-state index is 0. The average Bonchev–Trinajstić information content (AvgIpc) is 2.40. The normalized spacial score (nSPS) is 12.2. The third-order valence-corrected chi connectivity index (χ3v) is 1.14. The van der Waals surface area contributed by atoms with Crippen LogP contribution in [0.5, 0.6) is 0 Å². The molecule has 1 atom stereocenters. The second kappa shape index (κ2) is 5.06. The first-order chi connectivity index (χ1) is 4.83. The molecule has 0 radical (unpaired) electrons. The molecule has 0 aliphatic carbocycles. The predicted octanol–water partition coefficient (Wildman–Crippen LogP) is -0.981. The summed E-state index contributed by atoms with van der Waals surface area (Å²) in [6, 6.07) is 0. The number of hydrogen-bond acceptors (Lipinski definition) is 4. The van der Waals surface area contributed by atoms with Crippen LogP contribution in [0.1, 0.15) is 0 Å². The molecule has 0 saturated heterocycles. The number of halogens is 1. The number of hydrogen-bond donors (Lipinski definition) is 2. The zero-order chi connectivity index (χ0) is 7.40. The van der Waals surface area contributed by atoms with Crippen LogP contribution in [0.4, 0.5) is 0 Å². The van der Waals surface area contributed by atoms with Gasteiger partial charge < -0.3 is 10.8 Å². The molecule has 0 aliphatic heterocycles. The van der Waals surface area contributed by atoms with Crippen LogP contribution in [0.15, 0.2) is 12.4 Å². The third kappa shape index (κ3) is 3.31. The van der Waals surface area contributed by atoms with E-state index in [1.165, 1.54) is 4.68 Å². The van der Waals surface area contributed by atoms with Crippen LogP contribution in [-0.2, 0) is 6.54 Å². The summed E-state index contributed by atoms with van der Waals surface area (Å²) >= 11 is 0. The topological polar surface area (TPSA) is 77.0 Å². The van der Waals surface area contributed by atoms with E-state index in [0.29, 0.717) is 6.54 Å². The molecule has 1 unspecified atom stereocenters. The lowest BCUT2D eigenvalue weighted by molar-refractivity contribution is 0.156. The molecule has 11 heavy (non-hydrogen) atoms. The van der Waals surface area contributed by atoms with Crippen LogP contribution in [0.3, 0.4) is 0 Å². The number of aliphatic hydroxyl groups excluding tert-OH is 1. The average molecular weight is 179 g/mol. The van der Waals surface area contributed by atoms with E-state index in [-0.39, 0.29) is 19.0 Å². The third-order valence-electron chi connectivity index (χ3n) is 1.14. The van der Waals surface area contributed by atoms with Gasteiger partial charge in [0.1, 0.15) is 0 Å². The molecule has 0 aromatic carbocycles.